The molecule has 0 bridgehead atoms. The Bertz CT molecular complexity index is 897. The molecule has 2 aromatic rings. The summed E-state index contributed by atoms with van der Waals surface area (Å²) in [5, 5.41) is 5.06. The molecule has 0 saturated heterocycles. The zero-order valence-electron chi connectivity index (χ0n) is 13.5. The number of benzene rings is 2. The molecule has 0 aliphatic carbocycles. The van der Waals surface area contributed by atoms with E-state index in [9.17, 15) is 17.6 Å². The summed E-state index contributed by atoms with van der Waals surface area (Å²) >= 11 is 0. The minimum atomic E-state index is -4.00. The molecule has 0 aromatic heterocycles. The molecule has 0 saturated carbocycles. The molecule has 2 aromatic carbocycles. The molecule has 0 aliphatic heterocycles. The summed E-state index contributed by atoms with van der Waals surface area (Å²) < 4.78 is 51.4. The third-order valence-electron chi connectivity index (χ3n) is 3.32. The van der Waals surface area contributed by atoms with Crippen molar-refractivity contribution in [1.82, 2.24) is 0 Å². The summed E-state index contributed by atoms with van der Waals surface area (Å²) in [7, 11) is -1.28. The summed E-state index contributed by atoms with van der Waals surface area (Å²) in [5.74, 6) is -0.905. The Labute approximate surface area is 144 Å². The van der Waals surface area contributed by atoms with Gasteiger partial charge in [-0.1, -0.05) is 0 Å². The molecule has 2 N–H and O–H groups in total. The quantitative estimate of drug-likeness (QED) is 0.779. The minimum Gasteiger partial charge on any atom is -0.496 e. The van der Waals surface area contributed by atoms with Crippen LogP contribution in [0.15, 0.2) is 41.3 Å². The van der Waals surface area contributed by atoms with E-state index in [1.54, 1.807) is 0 Å². The van der Waals surface area contributed by atoms with Gasteiger partial charge in [0.15, 0.2) is 0 Å². The Kier molecular flexibility index (Phi) is 5.60. The predicted molar refractivity (Wildman–Crippen MR) is 86.4 cm³/mol. The molecule has 0 spiro atoms. The number of halogens is 1. The van der Waals surface area contributed by atoms with Crippen LogP contribution in [0.5, 0.6) is 11.5 Å². The monoisotopic (exact) mass is 369 g/mol. The lowest BCUT2D eigenvalue weighted by Gasteiger charge is -2.12. The van der Waals surface area contributed by atoms with E-state index in [1.807, 2.05) is 0 Å². The van der Waals surface area contributed by atoms with E-state index in [0.717, 1.165) is 6.07 Å². The predicted octanol–water partition coefficient (Wildman–Crippen LogP) is 1.85. The second-order valence-corrected chi connectivity index (χ2v) is 6.50. The fourth-order valence-electron chi connectivity index (χ4n) is 2.10. The Morgan fingerprint density at radius 1 is 1.08 bits per heavy atom. The Morgan fingerprint density at radius 2 is 1.72 bits per heavy atom. The molecule has 134 valence electrons. The molecule has 25 heavy (non-hydrogen) atoms. The van der Waals surface area contributed by atoms with Gasteiger partial charge in [-0.3, -0.25) is 0 Å². The second kappa shape index (κ2) is 7.49. The molecule has 0 heterocycles. The first-order chi connectivity index (χ1) is 11.8. The zero-order chi connectivity index (χ0) is 18.6. The molecule has 2 rings (SSSR count). The number of hydrogen-bond donors (Lipinski definition) is 1. The Hall–Kier alpha value is -2.65. The molecule has 0 amide bonds. The minimum absolute atomic E-state index is 0.114. The van der Waals surface area contributed by atoms with Crippen molar-refractivity contribution < 1.29 is 31.8 Å². The number of carbonyl (C=O) groups excluding carboxylic acids is 1. The maximum atomic E-state index is 13.3. The van der Waals surface area contributed by atoms with Gasteiger partial charge in [0.1, 0.15) is 29.5 Å². The number of rotatable bonds is 6. The van der Waals surface area contributed by atoms with Gasteiger partial charge in [-0.15, -0.1) is 0 Å². The van der Waals surface area contributed by atoms with Crippen LogP contribution in [0.25, 0.3) is 0 Å². The normalized spacial score (nSPS) is 11.0. The fourth-order valence-corrected chi connectivity index (χ4v) is 2.64. The van der Waals surface area contributed by atoms with Crippen LogP contribution >= 0.6 is 0 Å². The van der Waals surface area contributed by atoms with Crippen molar-refractivity contribution in [2.24, 2.45) is 5.14 Å². The van der Waals surface area contributed by atoms with Crippen LogP contribution in [0.4, 0.5) is 4.39 Å². The second-order valence-electron chi connectivity index (χ2n) is 4.94. The highest BCUT2D eigenvalue weighted by atomic mass is 32.2. The topological polar surface area (TPSA) is 105 Å². The van der Waals surface area contributed by atoms with E-state index >= 15 is 0 Å². The van der Waals surface area contributed by atoms with Crippen LogP contribution in [0.2, 0.25) is 0 Å². The number of esters is 1. The van der Waals surface area contributed by atoms with E-state index in [2.05, 4.69) is 0 Å². The largest absolute Gasteiger partial charge is 0.496 e. The molecule has 0 atom stereocenters. The lowest BCUT2D eigenvalue weighted by molar-refractivity contribution is 0.0465. The zero-order valence-corrected chi connectivity index (χ0v) is 14.3. The number of hydrogen-bond acceptors (Lipinski definition) is 6. The highest BCUT2D eigenvalue weighted by Crippen LogP contribution is 2.25. The van der Waals surface area contributed by atoms with Crippen molar-refractivity contribution in [2.45, 2.75) is 11.5 Å². The van der Waals surface area contributed by atoms with Gasteiger partial charge in [-0.25, -0.2) is 22.7 Å². The highest BCUT2D eigenvalue weighted by Gasteiger charge is 2.19. The van der Waals surface area contributed by atoms with Crippen LogP contribution in [-0.4, -0.2) is 28.6 Å². The molecular formula is C16H16FNO6S. The summed E-state index contributed by atoms with van der Waals surface area (Å²) in [4.78, 5) is 12.0. The average Bonchev–Trinajstić information content (AvgIpc) is 2.58. The molecule has 9 heteroatoms. The van der Waals surface area contributed by atoms with E-state index in [1.165, 1.54) is 44.6 Å². The lowest BCUT2D eigenvalue weighted by atomic mass is 10.2. The van der Waals surface area contributed by atoms with Crippen LogP contribution in [0.3, 0.4) is 0 Å². The van der Waals surface area contributed by atoms with E-state index in [0.29, 0.717) is 11.3 Å². The number of methoxy groups -OCH3 is 2. The molecule has 0 aliphatic rings. The van der Waals surface area contributed by atoms with E-state index in [4.69, 9.17) is 19.3 Å². The third kappa shape index (κ3) is 4.46. The van der Waals surface area contributed by atoms with Crippen LogP contribution in [0.1, 0.15) is 15.9 Å². The van der Waals surface area contributed by atoms with Crippen molar-refractivity contribution in [1.29, 1.82) is 0 Å². The van der Waals surface area contributed by atoms with Crippen molar-refractivity contribution >= 4 is 16.0 Å². The third-order valence-corrected chi connectivity index (χ3v) is 4.23. The SMILES string of the molecule is COc1ccc(F)cc1COC(=O)c1cc(S(N)(=O)=O)ccc1OC. The number of carbonyl (C=O) groups is 1. The number of primary sulfonamides is 1. The fraction of sp³-hybridized carbons (Fsp3) is 0.188. The van der Waals surface area contributed by atoms with Crippen molar-refractivity contribution in [3.63, 3.8) is 0 Å². The van der Waals surface area contributed by atoms with Gasteiger partial charge < -0.3 is 14.2 Å². The van der Waals surface area contributed by atoms with Crippen LogP contribution in [0, 0.1) is 5.82 Å². The van der Waals surface area contributed by atoms with Gasteiger partial charge in [0.2, 0.25) is 10.0 Å². The summed E-state index contributed by atoms with van der Waals surface area (Å²) in [6, 6.07) is 7.34. The van der Waals surface area contributed by atoms with Crippen molar-refractivity contribution in [3.8, 4) is 11.5 Å². The van der Waals surface area contributed by atoms with Crippen LogP contribution in [-0.2, 0) is 21.4 Å². The molecule has 7 nitrogen and oxygen atoms in total. The first kappa shape index (κ1) is 18.7. The Morgan fingerprint density at radius 3 is 2.32 bits per heavy atom. The molecule has 0 fully saturated rings. The van der Waals surface area contributed by atoms with Gasteiger partial charge in [0, 0.05) is 5.56 Å². The number of nitrogens with two attached hydrogens (primary N) is 1. The molecular weight excluding hydrogens is 353 g/mol. The first-order valence-corrected chi connectivity index (χ1v) is 8.51. The smallest absolute Gasteiger partial charge is 0.342 e. The van der Waals surface area contributed by atoms with Gasteiger partial charge in [0.25, 0.3) is 0 Å². The van der Waals surface area contributed by atoms with Crippen molar-refractivity contribution in [3.05, 3.63) is 53.3 Å². The van der Waals surface area contributed by atoms with Gasteiger partial charge in [0.05, 0.1) is 19.1 Å². The number of sulfonamides is 1. The average molecular weight is 369 g/mol. The van der Waals surface area contributed by atoms with E-state index in [-0.39, 0.29) is 22.8 Å². The highest BCUT2D eigenvalue weighted by molar-refractivity contribution is 7.89. The summed E-state index contributed by atoms with van der Waals surface area (Å²) in [5.41, 5.74) is 0.196. The van der Waals surface area contributed by atoms with Crippen molar-refractivity contribution in [2.75, 3.05) is 14.2 Å². The standard InChI is InChI=1S/C16H16FNO6S/c1-22-14-5-3-11(17)7-10(14)9-24-16(19)13-8-12(25(18,20)21)4-6-15(13)23-2/h3-8H,9H2,1-2H3,(H2,18,20,21). The maximum Gasteiger partial charge on any atom is 0.342 e. The summed E-state index contributed by atoms with van der Waals surface area (Å²) in [6.07, 6.45) is 0. The number of ether oxygens (including phenoxy) is 3. The van der Waals surface area contributed by atoms with Crippen LogP contribution < -0.4 is 14.6 Å². The first-order valence-electron chi connectivity index (χ1n) is 6.96. The lowest BCUT2D eigenvalue weighted by Crippen LogP contribution is -2.14. The molecule has 0 radical (unpaired) electrons. The Balaban J connectivity index is 2.28. The van der Waals surface area contributed by atoms with E-state index < -0.39 is 21.8 Å². The van der Waals surface area contributed by atoms with Gasteiger partial charge in [-0.2, -0.15) is 0 Å². The maximum absolute atomic E-state index is 13.3. The van der Waals surface area contributed by atoms with Gasteiger partial charge >= 0.3 is 5.97 Å². The molecule has 0 unspecified atom stereocenters. The summed E-state index contributed by atoms with van der Waals surface area (Å²) in [6.45, 7) is -0.275. The van der Waals surface area contributed by atoms with Gasteiger partial charge in [-0.05, 0) is 36.4 Å².